The number of rotatable bonds is 1. The second kappa shape index (κ2) is 3.74. The second-order valence-corrected chi connectivity index (χ2v) is 4.35. The Bertz CT molecular complexity index is 680. The number of hydrogen-bond donors (Lipinski definition) is 0. The predicted octanol–water partition coefficient (Wildman–Crippen LogP) is 3.55. The van der Waals surface area contributed by atoms with Gasteiger partial charge in [0, 0.05) is 12.6 Å². The van der Waals surface area contributed by atoms with Crippen molar-refractivity contribution in [2.75, 3.05) is 0 Å². The van der Waals surface area contributed by atoms with Crippen LogP contribution < -0.4 is 0 Å². The van der Waals surface area contributed by atoms with Gasteiger partial charge in [-0.05, 0) is 25.1 Å². The lowest BCUT2D eigenvalue weighted by atomic mass is 10.1. The minimum absolute atomic E-state index is 1.02. The first-order valence-electron chi connectivity index (χ1n) is 5.74. The van der Waals surface area contributed by atoms with Crippen molar-refractivity contribution in [3.05, 3.63) is 54.1 Å². The van der Waals surface area contributed by atoms with Crippen LogP contribution in [0.15, 0.2) is 48.5 Å². The van der Waals surface area contributed by atoms with E-state index in [1.54, 1.807) is 0 Å². The summed E-state index contributed by atoms with van der Waals surface area (Å²) in [6.45, 7) is 2.10. The Morgan fingerprint density at radius 1 is 1.00 bits per heavy atom. The zero-order valence-electron chi connectivity index (χ0n) is 10.0. The minimum atomic E-state index is 1.02. The molecule has 0 fully saturated rings. The molecule has 3 aromatic rings. The maximum atomic E-state index is 4.69. The van der Waals surface area contributed by atoms with Crippen LogP contribution in [0.1, 0.15) is 5.56 Å². The maximum Gasteiger partial charge on any atom is 0.140 e. The summed E-state index contributed by atoms with van der Waals surface area (Å²) in [5, 5.41) is 0. The van der Waals surface area contributed by atoms with E-state index in [2.05, 4.69) is 59.9 Å². The van der Waals surface area contributed by atoms with Gasteiger partial charge in [-0.1, -0.05) is 35.9 Å². The third-order valence-electron chi connectivity index (χ3n) is 3.06. The molecule has 0 radical (unpaired) electrons. The molecule has 3 rings (SSSR count). The maximum absolute atomic E-state index is 4.69. The lowest BCUT2D eigenvalue weighted by molar-refractivity contribution is 0.959. The number of nitrogens with zero attached hydrogens (tertiary/aromatic N) is 2. The molecule has 17 heavy (non-hydrogen) atoms. The summed E-state index contributed by atoms with van der Waals surface area (Å²) in [5.41, 5.74) is 4.65. The van der Waals surface area contributed by atoms with Crippen LogP contribution in [0.5, 0.6) is 0 Å². The molecular weight excluding hydrogens is 208 g/mol. The van der Waals surface area contributed by atoms with Crippen molar-refractivity contribution in [1.29, 1.82) is 0 Å². The van der Waals surface area contributed by atoms with Crippen LogP contribution in [0.4, 0.5) is 0 Å². The van der Waals surface area contributed by atoms with Crippen LogP contribution in [0.3, 0.4) is 0 Å². The zero-order valence-corrected chi connectivity index (χ0v) is 10.0. The lowest BCUT2D eigenvalue weighted by Crippen LogP contribution is -1.92. The van der Waals surface area contributed by atoms with E-state index in [4.69, 9.17) is 0 Å². The number of benzene rings is 2. The van der Waals surface area contributed by atoms with E-state index in [-0.39, 0.29) is 0 Å². The quantitative estimate of drug-likeness (QED) is 0.615. The van der Waals surface area contributed by atoms with Gasteiger partial charge in [-0.2, -0.15) is 0 Å². The van der Waals surface area contributed by atoms with Crippen LogP contribution in [0.2, 0.25) is 0 Å². The summed E-state index contributed by atoms with van der Waals surface area (Å²) in [5.74, 6) is 1.02. The molecule has 0 saturated heterocycles. The van der Waals surface area contributed by atoms with Crippen LogP contribution in [0, 0.1) is 6.92 Å². The fraction of sp³-hybridized carbons (Fsp3) is 0.133. The van der Waals surface area contributed by atoms with Gasteiger partial charge in [-0.25, -0.2) is 4.98 Å². The average Bonchev–Trinajstić information content (AvgIpc) is 2.68. The molecule has 1 heterocycles. The normalized spacial score (nSPS) is 10.9. The first-order chi connectivity index (χ1) is 8.25. The molecule has 0 aliphatic carbocycles. The molecule has 2 aromatic carbocycles. The number of imidazole rings is 1. The Labute approximate surface area is 101 Å². The summed E-state index contributed by atoms with van der Waals surface area (Å²) in [4.78, 5) is 4.69. The summed E-state index contributed by atoms with van der Waals surface area (Å²) in [6, 6.07) is 16.7. The van der Waals surface area contributed by atoms with Crippen molar-refractivity contribution in [3.63, 3.8) is 0 Å². The highest BCUT2D eigenvalue weighted by atomic mass is 15.1. The highest BCUT2D eigenvalue weighted by Gasteiger charge is 2.08. The second-order valence-electron chi connectivity index (χ2n) is 4.35. The molecule has 0 aliphatic heterocycles. The largest absolute Gasteiger partial charge is 0.327 e. The topological polar surface area (TPSA) is 17.8 Å². The number of fused-ring (bicyclic) bond motifs is 1. The van der Waals surface area contributed by atoms with E-state index >= 15 is 0 Å². The lowest BCUT2D eigenvalue weighted by Gasteiger charge is -2.03. The standard InChI is InChI=1S/C15H14N2/c1-11-6-5-7-12(10-11)15-16-13-8-3-4-9-14(13)17(15)2/h3-10H,1-2H3. The Kier molecular flexibility index (Phi) is 2.22. The van der Waals surface area contributed by atoms with E-state index in [0.29, 0.717) is 0 Å². The summed E-state index contributed by atoms with van der Waals surface area (Å²) in [7, 11) is 2.06. The Balaban J connectivity index is 2.27. The number of aryl methyl sites for hydroxylation is 2. The molecular formula is C15H14N2. The van der Waals surface area contributed by atoms with Crippen molar-refractivity contribution in [2.45, 2.75) is 6.92 Å². The Morgan fingerprint density at radius 3 is 2.59 bits per heavy atom. The van der Waals surface area contributed by atoms with Gasteiger partial charge >= 0.3 is 0 Å². The molecule has 2 heteroatoms. The van der Waals surface area contributed by atoms with Crippen molar-refractivity contribution < 1.29 is 0 Å². The van der Waals surface area contributed by atoms with Crippen LogP contribution in [-0.4, -0.2) is 9.55 Å². The first-order valence-corrected chi connectivity index (χ1v) is 5.74. The highest BCUT2D eigenvalue weighted by Crippen LogP contribution is 2.23. The first kappa shape index (κ1) is 10.1. The summed E-state index contributed by atoms with van der Waals surface area (Å²) in [6.07, 6.45) is 0. The van der Waals surface area contributed by atoms with Crippen molar-refractivity contribution in [2.24, 2.45) is 7.05 Å². The van der Waals surface area contributed by atoms with Gasteiger partial charge in [0.2, 0.25) is 0 Å². The average molecular weight is 222 g/mol. The van der Waals surface area contributed by atoms with Crippen LogP contribution in [-0.2, 0) is 7.05 Å². The number of para-hydroxylation sites is 2. The molecule has 0 aliphatic rings. The van der Waals surface area contributed by atoms with Crippen molar-refractivity contribution >= 4 is 11.0 Å². The summed E-state index contributed by atoms with van der Waals surface area (Å²) < 4.78 is 2.14. The van der Waals surface area contributed by atoms with Crippen LogP contribution >= 0.6 is 0 Å². The van der Waals surface area contributed by atoms with Crippen LogP contribution in [0.25, 0.3) is 22.4 Å². The molecule has 1 aromatic heterocycles. The van der Waals surface area contributed by atoms with Gasteiger partial charge < -0.3 is 4.57 Å². The monoisotopic (exact) mass is 222 g/mol. The van der Waals surface area contributed by atoms with Gasteiger partial charge in [-0.3, -0.25) is 0 Å². The minimum Gasteiger partial charge on any atom is -0.327 e. The number of aromatic nitrogens is 2. The van der Waals surface area contributed by atoms with E-state index in [1.165, 1.54) is 16.6 Å². The fourth-order valence-electron chi connectivity index (χ4n) is 2.19. The van der Waals surface area contributed by atoms with Crippen molar-refractivity contribution in [3.8, 4) is 11.4 Å². The van der Waals surface area contributed by atoms with Gasteiger partial charge in [0.15, 0.2) is 0 Å². The smallest absolute Gasteiger partial charge is 0.140 e. The Hall–Kier alpha value is -2.09. The Morgan fingerprint density at radius 2 is 1.82 bits per heavy atom. The molecule has 84 valence electrons. The third-order valence-corrected chi connectivity index (χ3v) is 3.06. The van der Waals surface area contributed by atoms with E-state index in [1.807, 2.05) is 12.1 Å². The third kappa shape index (κ3) is 1.62. The van der Waals surface area contributed by atoms with Gasteiger partial charge in [0.1, 0.15) is 5.82 Å². The highest BCUT2D eigenvalue weighted by molar-refractivity contribution is 5.80. The van der Waals surface area contributed by atoms with Gasteiger partial charge in [0.05, 0.1) is 11.0 Å². The van der Waals surface area contributed by atoms with Gasteiger partial charge in [-0.15, -0.1) is 0 Å². The van der Waals surface area contributed by atoms with Crippen molar-refractivity contribution in [1.82, 2.24) is 9.55 Å². The van der Waals surface area contributed by atoms with E-state index in [0.717, 1.165) is 11.3 Å². The SMILES string of the molecule is Cc1cccc(-c2nc3ccccc3n2C)c1. The molecule has 0 unspecified atom stereocenters. The number of hydrogen-bond acceptors (Lipinski definition) is 1. The molecule has 0 spiro atoms. The summed E-state index contributed by atoms with van der Waals surface area (Å²) >= 11 is 0. The fourth-order valence-corrected chi connectivity index (χ4v) is 2.19. The molecule has 0 saturated carbocycles. The molecule has 0 amide bonds. The molecule has 0 bridgehead atoms. The van der Waals surface area contributed by atoms with E-state index < -0.39 is 0 Å². The predicted molar refractivity (Wildman–Crippen MR) is 70.9 cm³/mol. The molecule has 0 N–H and O–H groups in total. The van der Waals surface area contributed by atoms with E-state index in [9.17, 15) is 0 Å². The zero-order chi connectivity index (χ0) is 11.8. The molecule has 0 atom stereocenters. The van der Waals surface area contributed by atoms with Gasteiger partial charge in [0.25, 0.3) is 0 Å². The molecule has 2 nitrogen and oxygen atoms in total.